The number of hydrogen-bond acceptors (Lipinski definition) is 4. The molecular formula is C22H27NO4. The number of carbonyl (C=O) groups excluding carboxylic acids is 1. The summed E-state index contributed by atoms with van der Waals surface area (Å²) in [5.41, 5.74) is 3.61. The van der Waals surface area contributed by atoms with Crippen LogP contribution >= 0.6 is 0 Å². The van der Waals surface area contributed by atoms with Crippen LogP contribution in [0.3, 0.4) is 0 Å². The molecule has 0 bridgehead atoms. The van der Waals surface area contributed by atoms with Crippen LogP contribution in [0.5, 0.6) is 17.2 Å². The van der Waals surface area contributed by atoms with E-state index in [1.54, 1.807) is 0 Å². The highest BCUT2D eigenvalue weighted by atomic mass is 16.6. The van der Waals surface area contributed by atoms with Crippen molar-refractivity contribution in [2.45, 2.75) is 33.1 Å². The van der Waals surface area contributed by atoms with Gasteiger partial charge in [-0.25, -0.2) is 0 Å². The number of rotatable bonds is 8. The molecule has 0 saturated carbocycles. The molecule has 0 unspecified atom stereocenters. The molecule has 0 saturated heterocycles. The average molecular weight is 369 g/mol. The van der Waals surface area contributed by atoms with Crippen LogP contribution in [0.1, 0.15) is 29.5 Å². The predicted molar refractivity (Wildman–Crippen MR) is 105 cm³/mol. The van der Waals surface area contributed by atoms with Crippen LogP contribution in [-0.2, 0) is 11.2 Å². The van der Waals surface area contributed by atoms with Gasteiger partial charge in [0.25, 0.3) is 0 Å². The molecule has 0 spiro atoms. The Morgan fingerprint density at radius 2 is 1.85 bits per heavy atom. The molecule has 0 radical (unpaired) electrons. The van der Waals surface area contributed by atoms with Crippen molar-refractivity contribution in [2.75, 3.05) is 26.4 Å². The topological polar surface area (TPSA) is 56.8 Å². The zero-order valence-electron chi connectivity index (χ0n) is 16.0. The summed E-state index contributed by atoms with van der Waals surface area (Å²) < 4.78 is 16.8. The van der Waals surface area contributed by atoms with Crippen LogP contribution in [0.25, 0.3) is 0 Å². The van der Waals surface area contributed by atoms with Crippen molar-refractivity contribution in [1.29, 1.82) is 0 Å². The van der Waals surface area contributed by atoms with Crippen LogP contribution in [0.4, 0.5) is 0 Å². The Hall–Kier alpha value is -2.69. The molecule has 2 aromatic rings. The van der Waals surface area contributed by atoms with Crippen molar-refractivity contribution in [3.05, 3.63) is 53.1 Å². The largest absolute Gasteiger partial charge is 0.492 e. The van der Waals surface area contributed by atoms with Gasteiger partial charge in [-0.3, -0.25) is 4.79 Å². The van der Waals surface area contributed by atoms with Gasteiger partial charge in [0.2, 0.25) is 5.91 Å². The summed E-state index contributed by atoms with van der Waals surface area (Å²) in [5, 5.41) is 2.91. The zero-order valence-corrected chi connectivity index (χ0v) is 16.0. The molecule has 0 fully saturated rings. The highest BCUT2D eigenvalue weighted by Gasteiger charge is 2.11. The van der Waals surface area contributed by atoms with E-state index >= 15 is 0 Å². The van der Waals surface area contributed by atoms with Gasteiger partial charge >= 0.3 is 0 Å². The number of ether oxygens (including phenoxy) is 3. The van der Waals surface area contributed by atoms with Crippen molar-refractivity contribution in [3.63, 3.8) is 0 Å². The van der Waals surface area contributed by atoms with Crippen LogP contribution in [-0.4, -0.2) is 32.3 Å². The lowest BCUT2D eigenvalue weighted by Crippen LogP contribution is -2.27. The number of aryl methyl sites for hydroxylation is 3. The van der Waals surface area contributed by atoms with Gasteiger partial charge in [0.1, 0.15) is 25.6 Å². The third-order valence-electron chi connectivity index (χ3n) is 4.65. The molecule has 2 aromatic carbocycles. The fraction of sp³-hybridized carbons (Fsp3) is 0.409. The molecule has 3 rings (SSSR count). The van der Waals surface area contributed by atoms with E-state index in [9.17, 15) is 4.79 Å². The van der Waals surface area contributed by atoms with E-state index in [4.69, 9.17) is 14.2 Å². The van der Waals surface area contributed by atoms with E-state index in [0.29, 0.717) is 32.8 Å². The van der Waals surface area contributed by atoms with E-state index in [1.807, 2.05) is 36.4 Å². The van der Waals surface area contributed by atoms with Crippen LogP contribution in [0.15, 0.2) is 36.4 Å². The van der Waals surface area contributed by atoms with Gasteiger partial charge < -0.3 is 19.5 Å². The third kappa shape index (κ3) is 5.64. The number of benzene rings is 2. The van der Waals surface area contributed by atoms with E-state index in [-0.39, 0.29) is 5.91 Å². The molecule has 0 atom stereocenters. The first-order valence-corrected chi connectivity index (χ1v) is 9.47. The van der Waals surface area contributed by atoms with Crippen LogP contribution in [0, 0.1) is 13.8 Å². The van der Waals surface area contributed by atoms with Gasteiger partial charge in [-0.2, -0.15) is 0 Å². The van der Waals surface area contributed by atoms with Crippen molar-refractivity contribution < 1.29 is 19.0 Å². The van der Waals surface area contributed by atoms with E-state index < -0.39 is 0 Å². The second kappa shape index (κ2) is 9.31. The average Bonchev–Trinajstić information content (AvgIpc) is 2.68. The lowest BCUT2D eigenvalue weighted by atomic mass is 10.1. The van der Waals surface area contributed by atoms with Gasteiger partial charge in [0.05, 0.1) is 6.54 Å². The molecule has 1 heterocycles. The molecule has 144 valence electrons. The van der Waals surface area contributed by atoms with Gasteiger partial charge in [-0.15, -0.1) is 0 Å². The Labute approximate surface area is 160 Å². The molecule has 1 aliphatic rings. The second-order valence-corrected chi connectivity index (χ2v) is 6.78. The maximum atomic E-state index is 12.0. The predicted octanol–water partition coefficient (Wildman–Crippen LogP) is 3.59. The number of carbonyl (C=O) groups is 1. The minimum Gasteiger partial charge on any atom is -0.492 e. The maximum absolute atomic E-state index is 12.0. The number of nitrogens with one attached hydrogen (secondary N) is 1. The Balaban J connectivity index is 1.32. The summed E-state index contributed by atoms with van der Waals surface area (Å²) in [6.07, 6.45) is 2.13. The van der Waals surface area contributed by atoms with Crippen molar-refractivity contribution in [2.24, 2.45) is 0 Å². The Morgan fingerprint density at radius 1 is 1.04 bits per heavy atom. The highest BCUT2D eigenvalue weighted by Crippen LogP contribution is 2.31. The van der Waals surface area contributed by atoms with Gasteiger partial charge in [-0.05, 0) is 67.6 Å². The molecule has 0 aromatic heterocycles. The fourth-order valence-electron chi connectivity index (χ4n) is 2.95. The molecule has 1 aliphatic heterocycles. The summed E-state index contributed by atoms with van der Waals surface area (Å²) in [4.78, 5) is 12.0. The normalized spacial score (nSPS) is 12.5. The second-order valence-electron chi connectivity index (χ2n) is 6.78. The first-order valence-electron chi connectivity index (χ1n) is 9.47. The van der Waals surface area contributed by atoms with E-state index in [1.165, 1.54) is 11.1 Å². The molecule has 5 heteroatoms. The van der Waals surface area contributed by atoms with Crippen molar-refractivity contribution >= 4 is 5.91 Å². The van der Waals surface area contributed by atoms with Crippen molar-refractivity contribution in [1.82, 2.24) is 5.32 Å². The number of hydrogen-bond donors (Lipinski definition) is 1. The summed E-state index contributed by atoms with van der Waals surface area (Å²) in [6, 6.07) is 12.0. The number of amides is 1. The van der Waals surface area contributed by atoms with Crippen LogP contribution < -0.4 is 19.5 Å². The highest BCUT2D eigenvalue weighted by molar-refractivity contribution is 5.75. The Bertz CT molecular complexity index is 788. The molecule has 27 heavy (non-hydrogen) atoms. The van der Waals surface area contributed by atoms with Crippen molar-refractivity contribution in [3.8, 4) is 17.2 Å². The molecule has 1 amide bonds. The Kier molecular flexibility index (Phi) is 6.58. The minimum atomic E-state index is 0.0521. The van der Waals surface area contributed by atoms with Gasteiger partial charge in [-0.1, -0.05) is 12.1 Å². The summed E-state index contributed by atoms with van der Waals surface area (Å²) >= 11 is 0. The van der Waals surface area contributed by atoms with E-state index in [0.717, 1.165) is 35.7 Å². The summed E-state index contributed by atoms with van der Waals surface area (Å²) in [5.74, 6) is 2.49. The third-order valence-corrected chi connectivity index (χ3v) is 4.65. The summed E-state index contributed by atoms with van der Waals surface area (Å²) in [6.45, 7) is 6.30. The quantitative estimate of drug-likeness (QED) is 0.723. The van der Waals surface area contributed by atoms with Crippen LogP contribution in [0.2, 0.25) is 0 Å². The Morgan fingerprint density at radius 3 is 2.67 bits per heavy atom. The first-order chi connectivity index (χ1) is 13.1. The smallest absolute Gasteiger partial charge is 0.220 e. The SMILES string of the molecule is Cc1ccc(OCCNC(=O)CCCc2ccc3c(c2)OCCO3)cc1C. The van der Waals surface area contributed by atoms with Gasteiger partial charge in [0.15, 0.2) is 11.5 Å². The fourth-order valence-corrected chi connectivity index (χ4v) is 2.95. The first kappa shape index (κ1) is 19.1. The number of fused-ring (bicyclic) bond motifs is 1. The zero-order chi connectivity index (χ0) is 19.1. The minimum absolute atomic E-state index is 0.0521. The lowest BCUT2D eigenvalue weighted by Gasteiger charge is -2.18. The lowest BCUT2D eigenvalue weighted by molar-refractivity contribution is -0.121. The maximum Gasteiger partial charge on any atom is 0.220 e. The molecule has 1 N–H and O–H groups in total. The molecule has 5 nitrogen and oxygen atoms in total. The molecule has 0 aliphatic carbocycles. The standard InChI is InChI=1S/C22H27NO4/c1-16-6-8-19(14-17(16)2)25-11-10-23-22(24)5-3-4-18-7-9-20-21(15-18)27-13-12-26-20/h6-9,14-15H,3-5,10-13H2,1-2H3,(H,23,24). The summed E-state index contributed by atoms with van der Waals surface area (Å²) in [7, 11) is 0. The monoisotopic (exact) mass is 369 g/mol. The van der Waals surface area contributed by atoms with E-state index in [2.05, 4.69) is 19.2 Å². The molecular weight excluding hydrogens is 342 g/mol. The van der Waals surface area contributed by atoms with Gasteiger partial charge in [0, 0.05) is 6.42 Å².